The number of ether oxygens (including phenoxy) is 3. The van der Waals surface area contributed by atoms with Crippen molar-refractivity contribution in [2.24, 2.45) is 0 Å². The van der Waals surface area contributed by atoms with Gasteiger partial charge in [-0.05, 0) is 50.3 Å². The van der Waals surface area contributed by atoms with Crippen molar-refractivity contribution in [1.82, 2.24) is 5.32 Å². The van der Waals surface area contributed by atoms with E-state index in [1.54, 1.807) is 19.9 Å². The van der Waals surface area contributed by atoms with Crippen molar-refractivity contribution in [2.45, 2.75) is 51.9 Å². The molecule has 0 radical (unpaired) electrons. The minimum atomic E-state index is -0.583. The van der Waals surface area contributed by atoms with Gasteiger partial charge in [-0.3, -0.25) is 0 Å². The molecule has 7 nitrogen and oxygen atoms in total. The quantitative estimate of drug-likeness (QED) is 0.364. The van der Waals surface area contributed by atoms with Gasteiger partial charge in [0, 0.05) is 18.2 Å². The van der Waals surface area contributed by atoms with Gasteiger partial charge in [-0.25, -0.2) is 14.4 Å². The lowest BCUT2D eigenvalue weighted by Crippen LogP contribution is -2.36. The van der Waals surface area contributed by atoms with Crippen LogP contribution in [0.5, 0.6) is 0 Å². The average molecular weight is 427 g/mol. The van der Waals surface area contributed by atoms with E-state index in [0.29, 0.717) is 13.0 Å². The van der Waals surface area contributed by atoms with Crippen molar-refractivity contribution in [3.63, 3.8) is 0 Å². The van der Waals surface area contributed by atoms with Crippen LogP contribution in [0.4, 0.5) is 4.79 Å². The van der Waals surface area contributed by atoms with Crippen LogP contribution in [0.1, 0.15) is 38.7 Å². The molecular formula is C24H29NO6. The molecule has 0 spiro atoms. The third-order valence-corrected chi connectivity index (χ3v) is 4.46. The Hall–Kier alpha value is -3.35. The Balaban J connectivity index is 1.72. The molecule has 2 rings (SSSR count). The number of benzene rings is 1. The van der Waals surface area contributed by atoms with Crippen molar-refractivity contribution in [3.05, 3.63) is 71.8 Å². The second-order valence-corrected chi connectivity index (χ2v) is 7.05. The Morgan fingerprint density at radius 2 is 1.90 bits per heavy atom. The van der Waals surface area contributed by atoms with Gasteiger partial charge in [-0.1, -0.05) is 42.5 Å². The first kappa shape index (κ1) is 23.9. The van der Waals surface area contributed by atoms with Crippen LogP contribution in [0.2, 0.25) is 0 Å². The minimum Gasteiger partial charge on any atom is -0.458 e. The molecule has 1 aromatic carbocycles. The predicted octanol–water partition coefficient (Wildman–Crippen LogP) is 4.00. The second-order valence-electron chi connectivity index (χ2n) is 7.05. The molecule has 0 saturated heterocycles. The summed E-state index contributed by atoms with van der Waals surface area (Å²) in [5, 5.41) is 2.81. The molecular weight excluding hydrogens is 398 g/mol. The fourth-order valence-corrected chi connectivity index (χ4v) is 2.97. The molecule has 0 fully saturated rings. The van der Waals surface area contributed by atoms with Gasteiger partial charge in [0.25, 0.3) is 0 Å². The van der Waals surface area contributed by atoms with Crippen molar-refractivity contribution in [2.75, 3.05) is 6.61 Å². The van der Waals surface area contributed by atoms with E-state index >= 15 is 0 Å². The zero-order chi connectivity index (χ0) is 22.5. The van der Waals surface area contributed by atoms with Crippen LogP contribution < -0.4 is 5.32 Å². The van der Waals surface area contributed by atoms with Crippen LogP contribution in [0.25, 0.3) is 0 Å². The first-order chi connectivity index (χ1) is 15.0. The van der Waals surface area contributed by atoms with Crippen LogP contribution in [-0.4, -0.2) is 36.8 Å². The summed E-state index contributed by atoms with van der Waals surface area (Å²) in [6, 6.07) is 9.33. The Morgan fingerprint density at radius 1 is 1.13 bits per heavy atom. The summed E-state index contributed by atoms with van der Waals surface area (Å²) in [4.78, 5) is 35.3. The van der Waals surface area contributed by atoms with Crippen molar-refractivity contribution < 1.29 is 28.6 Å². The maximum absolute atomic E-state index is 12.0. The monoisotopic (exact) mass is 427 g/mol. The summed E-state index contributed by atoms with van der Waals surface area (Å²) in [7, 11) is 0. The number of carbonyl (C=O) groups is 3. The molecule has 1 aliphatic carbocycles. The predicted molar refractivity (Wildman–Crippen MR) is 116 cm³/mol. The van der Waals surface area contributed by atoms with E-state index in [0.717, 1.165) is 24.0 Å². The summed E-state index contributed by atoms with van der Waals surface area (Å²) in [6.07, 6.45) is 9.00. The Kier molecular flexibility index (Phi) is 10.1. The highest BCUT2D eigenvalue weighted by atomic mass is 16.6. The fourth-order valence-electron chi connectivity index (χ4n) is 2.97. The number of carbonyl (C=O) groups excluding carboxylic acids is 3. The zero-order valence-electron chi connectivity index (χ0n) is 17.9. The molecule has 1 amide bonds. The molecule has 1 aromatic rings. The van der Waals surface area contributed by atoms with E-state index in [4.69, 9.17) is 14.2 Å². The molecule has 1 aliphatic rings. The molecule has 2 atom stereocenters. The van der Waals surface area contributed by atoms with E-state index in [1.165, 1.54) is 18.2 Å². The molecule has 1 N–H and O–H groups in total. The van der Waals surface area contributed by atoms with Gasteiger partial charge in [0.15, 0.2) is 0 Å². The van der Waals surface area contributed by atoms with E-state index < -0.39 is 24.1 Å². The van der Waals surface area contributed by atoms with Crippen LogP contribution >= 0.6 is 0 Å². The number of alkyl carbamates (subject to hydrolysis) is 1. The van der Waals surface area contributed by atoms with Crippen molar-refractivity contribution >= 4 is 18.0 Å². The van der Waals surface area contributed by atoms with Gasteiger partial charge in [-0.2, -0.15) is 0 Å². The molecule has 31 heavy (non-hydrogen) atoms. The normalized spacial score (nSPS) is 17.1. The molecule has 0 aromatic heterocycles. The topological polar surface area (TPSA) is 90.9 Å². The first-order valence-electron chi connectivity index (χ1n) is 10.4. The van der Waals surface area contributed by atoms with Crippen LogP contribution in [0.3, 0.4) is 0 Å². The summed E-state index contributed by atoms with van der Waals surface area (Å²) in [5.41, 5.74) is 1.84. The van der Waals surface area contributed by atoms with E-state index in [1.807, 2.05) is 36.4 Å². The van der Waals surface area contributed by atoms with Gasteiger partial charge in [0.2, 0.25) is 0 Å². The van der Waals surface area contributed by atoms with Gasteiger partial charge in [0.05, 0.1) is 6.61 Å². The van der Waals surface area contributed by atoms with Gasteiger partial charge in [-0.15, -0.1) is 0 Å². The zero-order valence-corrected chi connectivity index (χ0v) is 17.9. The van der Waals surface area contributed by atoms with E-state index in [9.17, 15) is 14.4 Å². The number of nitrogens with one attached hydrogen (secondary N) is 1. The Bertz CT molecular complexity index is 828. The molecule has 0 bridgehead atoms. The van der Waals surface area contributed by atoms with Crippen LogP contribution in [-0.2, 0) is 30.4 Å². The Morgan fingerprint density at radius 3 is 2.65 bits per heavy atom. The highest BCUT2D eigenvalue weighted by molar-refractivity contribution is 5.83. The summed E-state index contributed by atoms with van der Waals surface area (Å²) in [6.45, 7) is 3.92. The fraction of sp³-hybridized carbons (Fsp3) is 0.375. The number of amides is 1. The molecule has 166 valence electrons. The SMILES string of the molecule is CCOC(=O)N[C@@H]1CCC=C(/C=C/C(=O)O[C@H](C)/C=C\C(=O)OCc2ccccc2)C1. The number of rotatable bonds is 9. The third-order valence-electron chi connectivity index (χ3n) is 4.46. The molecule has 7 heteroatoms. The maximum Gasteiger partial charge on any atom is 0.407 e. The summed E-state index contributed by atoms with van der Waals surface area (Å²) < 4.78 is 15.3. The number of allylic oxidation sites excluding steroid dienone is 2. The number of esters is 2. The third kappa shape index (κ3) is 9.80. The lowest BCUT2D eigenvalue weighted by Gasteiger charge is -2.22. The maximum atomic E-state index is 12.0. The lowest BCUT2D eigenvalue weighted by atomic mass is 9.94. The molecule has 0 unspecified atom stereocenters. The largest absolute Gasteiger partial charge is 0.458 e. The number of hydrogen-bond acceptors (Lipinski definition) is 6. The molecule has 0 saturated carbocycles. The highest BCUT2D eigenvalue weighted by Gasteiger charge is 2.17. The molecule has 0 heterocycles. The minimum absolute atomic E-state index is 0.0246. The van der Waals surface area contributed by atoms with E-state index in [2.05, 4.69) is 5.32 Å². The average Bonchev–Trinajstić information content (AvgIpc) is 2.76. The lowest BCUT2D eigenvalue weighted by molar-refractivity contribution is -0.141. The van der Waals surface area contributed by atoms with Crippen LogP contribution in [0.15, 0.2) is 66.3 Å². The highest BCUT2D eigenvalue weighted by Crippen LogP contribution is 2.19. The van der Waals surface area contributed by atoms with Crippen molar-refractivity contribution in [1.29, 1.82) is 0 Å². The summed E-state index contributed by atoms with van der Waals surface area (Å²) >= 11 is 0. The first-order valence-corrected chi connectivity index (χ1v) is 10.4. The van der Waals surface area contributed by atoms with Gasteiger partial charge in [0.1, 0.15) is 12.7 Å². The van der Waals surface area contributed by atoms with Gasteiger partial charge >= 0.3 is 18.0 Å². The van der Waals surface area contributed by atoms with E-state index in [-0.39, 0.29) is 12.6 Å². The van der Waals surface area contributed by atoms with Gasteiger partial charge < -0.3 is 19.5 Å². The Labute approximate surface area is 182 Å². The summed E-state index contributed by atoms with van der Waals surface area (Å²) in [5.74, 6) is -1.02. The smallest absolute Gasteiger partial charge is 0.407 e. The molecule has 0 aliphatic heterocycles. The standard InChI is InChI=1S/C24H29NO6/c1-3-29-24(28)25-21-11-7-10-19(16-21)13-15-23(27)31-18(2)12-14-22(26)30-17-20-8-5-4-6-9-20/h4-6,8-10,12-15,18,21H,3,7,11,16-17H2,1-2H3,(H,25,28)/b14-12-,15-13+/t18-,21-/m1/s1. The van der Waals surface area contributed by atoms with Crippen LogP contribution in [0, 0.1) is 0 Å². The number of hydrogen-bond donors (Lipinski definition) is 1. The van der Waals surface area contributed by atoms with Crippen molar-refractivity contribution in [3.8, 4) is 0 Å². The second kappa shape index (κ2) is 13.1.